The predicted octanol–water partition coefficient (Wildman–Crippen LogP) is 4.02. The Balaban J connectivity index is 1.78. The first kappa shape index (κ1) is 14.1. The van der Waals surface area contributed by atoms with E-state index in [1.807, 2.05) is 43.4 Å². The van der Waals surface area contributed by atoms with E-state index < -0.39 is 0 Å². The van der Waals surface area contributed by atoms with Crippen molar-refractivity contribution in [2.75, 3.05) is 6.79 Å². The number of para-hydroxylation sites is 1. The van der Waals surface area contributed by atoms with Crippen LogP contribution in [0.4, 0.5) is 5.69 Å². The molecule has 5 heteroatoms. The maximum atomic E-state index is 5.47. The number of aryl methyl sites for hydroxylation is 1. The van der Waals surface area contributed by atoms with E-state index in [-0.39, 0.29) is 0 Å². The number of aromatic nitrogens is 1. The summed E-state index contributed by atoms with van der Waals surface area (Å²) in [5.41, 5.74) is 4.38. The standard InChI is InChI=1S/C18H16N2O2S/c1-12-5-3-4-6-14(12)19-18-20(2)15(10-23-18)13-7-8-16-17(9-13)22-11-21-16/h3-10H,11H2,1-2H3. The molecule has 23 heavy (non-hydrogen) atoms. The third kappa shape index (κ3) is 2.53. The Morgan fingerprint density at radius 3 is 2.78 bits per heavy atom. The molecular formula is C18H16N2O2S. The van der Waals surface area contributed by atoms with Crippen molar-refractivity contribution in [3.63, 3.8) is 0 Å². The zero-order valence-electron chi connectivity index (χ0n) is 12.9. The fraction of sp³-hybridized carbons (Fsp3) is 0.167. The van der Waals surface area contributed by atoms with Gasteiger partial charge in [-0.1, -0.05) is 18.2 Å². The Hall–Kier alpha value is -2.53. The zero-order valence-corrected chi connectivity index (χ0v) is 13.8. The van der Waals surface area contributed by atoms with Crippen molar-refractivity contribution in [1.29, 1.82) is 0 Å². The van der Waals surface area contributed by atoms with E-state index in [4.69, 9.17) is 14.5 Å². The van der Waals surface area contributed by atoms with Crippen LogP contribution in [0, 0.1) is 6.92 Å². The topological polar surface area (TPSA) is 35.8 Å². The van der Waals surface area contributed by atoms with Crippen molar-refractivity contribution in [2.45, 2.75) is 6.92 Å². The van der Waals surface area contributed by atoms with Crippen molar-refractivity contribution in [1.82, 2.24) is 4.57 Å². The number of nitrogens with zero attached hydrogens (tertiary/aromatic N) is 2. The maximum Gasteiger partial charge on any atom is 0.231 e. The molecule has 0 unspecified atom stereocenters. The SMILES string of the molecule is Cc1ccccc1N=c1scc(-c2ccc3c(c2)OCO3)n1C. The first-order valence-corrected chi connectivity index (χ1v) is 8.25. The van der Waals surface area contributed by atoms with Crippen LogP contribution in [-0.2, 0) is 7.05 Å². The first-order chi connectivity index (χ1) is 11.2. The molecule has 1 aromatic heterocycles. The number of fused-ring (bicyclic) bond motifs is 1. The van der Waals surface area contributed by atoms with Gasteiger partial charge in [0.25, 0.3) is 0 Å². The molecule has 2 heterocycles. The summed E-state index contributed by atoms with van der Waals surface area (Å²) in [5, 5.41) is 2.12. The summed E-state index contributed by atoms with van der Waals surface area (Å²) in [5.74, 6) is 1.60. The minimum atomic E-state index is 0.294. The van der Waals surface area contributed by atoms with Crippen molar-refractivity contribution in [3.05, 3.63) is 58.2 Å². The van der Waals surface area contributed by atoms with Crippen LogP contribution < -0.4 is 14.3 Å². The summed E-state index contributed by atoms with van der Waals surface area (Å²) < 4.78 is 12.9. The van der Waals surface area contributed by atoms with Crippen LogP contribution in [0.3, 0.4) is 0 Å². The van der Waals surface area contributed by atoms with Crippen LogP contribution in [0.2, 0.25) is 0 Å². The van der Waals surface area contributed by atoms with Crippen LogP contribution >= 0.6 is 11.3 Å². The van der Waals surface area contributed by atoms with E-state index in [9.17, 15) is 0 Å². The summed E-state index contributed by atoms with van der Waals surface area (Å²) in [6.07, 6.45) is 0. The van der Waals surface area contributed by atoms with Gasteiger partial charge < -0.3 is 14.0 Å². The minimum absolute atomic E-state index is 0.294. The van der Waals surface area contributed by atoms with Crippen LogP contribution in [-0.4, -0.2) is 11.4 Å². The smallest absolute Gasteiger partial charge is 0.231 e. The van der Waals surface area contributed by atoms with Gasteiger partial charge in [-0.3, -0.25) is 0 Å². The lowest BCUT2D eigenvalue weighted by Crippen LogP contribution is -2.10. The number of hydrogen-bond donors (Lipinski definition) is 0. The summed E-state index contributed by atoms with van der Waals surface area (Å²) in [6.45, 7) is 2.37. The molecule has 0 bridgehead atoms. The number of thiazole rings is 1. The van der Waals surface area contributed by atoms with E-state index in [0.717, 1.165) is 33.2 Å². The molecule has 0 amide bonds. The van der Waals surface area contributed by atoms with Crippen LogP contribution in [0.15, 0.2) is 52.8 Å². The van der Waals surface area contributed by atoms with Gasteiger partial charge in [-0.25, -0.2) is 4.99 Å². The molecule has 1 aliphatic rings. The molecule has 0 fully saturated rings. The number of hydrogen-bond acceptors (Lipinski definition) is 4. The summed E-state index contributed by atoms with van der Waals surface area (Å²) >= 11 is 1.63. The van der Waals surface area contributed by atoms with Gasteiger partial charge in [-0.2, -0.15) is 0 Å². The molecule has 3 aromatic rings. The number of rotatable bonds is 2. The second-order valence-corrected chi connectivity index (χ2v) is 6.27. The van der Waals surface area contributed by atoms with Crippen LogP contribution in [0.5, 0.6) is 11.5 Å². The number of benzene rings is 2. The molecule has 0 aliphatic carbocycles. The highest BCUT2D eigenvalue weighted by atomic mass is 32.1. The molecule has 0 spiro atoms. The monoisotopic (exact) mass is 324 g/mol. The third-order valence-electron chi connectivity index (χ3n) is 3.92. The Morgan fingerprint density at radius 1 is 1.09 bits per heavy atom. The Bertz CT molecular complexity index is 940. The second kappa shape index (κ2) is 5.59. The van der Waals surface area contributed by atoms with Gasteiger partial charge in [0.2, 0.25) is 6.79 Å². The van der Waals surface area contributed by atoms with Gasteiger partial charge in [0.05, 0.1) is 11.4 Å². The summed E-state index contributed by atoms with van der Waals surface area (Å²) in [6, 6.07) is 14.2. The molecule has 0 atom stereocenters. The van der Waals surface area contributed by atoms with Gasteiger partial charge in [-0.05, 0) is 36.8 Å². The quantitative estimate of drug-likeness (QED) is 0.713. The predicted molar refractivity (Wildman–Crippen MR) is 91.3 cm³/mol. The van der Waals surface area contributed by atoms with Crippen molar-refractivity contribution in [3.8, 4) is 22.8 Å². The highest BCUT2D eigenvalue weighted by Crippen LogP contribution is 2.35. The van der Waals surface area contributed by atoms with E-state index in [1.54, 1.807) is 11.3 Å². The van der Waals surface area contributed by atoms with Gasteiger partial charge in [-0.15, -0.1) is 11.3 Å². The first-order valence-electron chi connectivity index (χ1n) is 7.37. The lowest BCUT2D eigenvalue weighted by molar-refractivity contribution is 0.174. The van der Waals surface area contributed by atoms with E-state index >= 15 is 0 Å². The normalized spacial score (nSPS) is 13.6. The van der Waals surface area contributed by atoms with E-state index in [1.165, 1.54) is 5.56 Å². The molecule has 4 rings (SSSR count). The Kier molecular flexibility index (Phi) is 3.42. The molecule has 0 radical (unpaired) electrons. The lowest BCUT2D eigenvalue weighted by atomic mass is 10.1. The highest BCUT2D eigenvalue weighted by Gasteiger charge is 2.15. The molecule has 0 N–H and O–H groups in total. The van der Waals surface area contributed by atoms with E-state index in [0.29, 0.717) is 6.79 Å². The summed E-state index contributed by atoms with van der Waals surface area (Å²) in [7, 11) is 2.04. The molecule has 4 nitrogen and oxygen atoms in total. The van der Waals surface area contributed by atoms with E-state index in [2.05, 4.69) is 22.9 Å². The molecule has 1 aliphatic heterocycles. The lowest BCUT2D eigenvalue weighted by Gasteiger charge is -2.04. The third-order valence-corrected chi connectivity index (χ3v) is 4.84. The molecule has 0 saturated heterocycles. The van der Waals surface area contributed by atoms with Gasteiger partial charge >= 0.3 is 0 Å². The van der Waals surface area contributed by atoms with Gasteiger partial charge in [0.15, 0.2) is 16.3 Å². The Morgan fingerprint density at radius 2 is 1.91 bits per heavy atom. The Labute approximate surface area is 138 Å². The van der Waals surface area contributed by atoms with Crippen molar-refractivity contribution in [2.24, 2.45) is 12.0 Å². The maximum absolute atomic E-state index is 5.47. The molecular weight excluding hydrogens is 308 g/mol. The van der Waals surface area contributed by atoms with Crippen LogP contribution in [0.1, 0.15) is 5.56 Å². The van der Waals surface area contributed by atoms with Crippen LogP contribution in [0.25, 0.3) is 11.3 Å². The molecule has 0 saturated carbocycles. The van der Waals surface area contributed by atoms with Crippen molar-refractivity contribution >= 4 is 17.0 Å². The molecule has 116 valence electrons. The second-order valence-electron chi connectivity index (χ2n) is 5.43. The fourth-order valence-corrected chi connectivity index (χ4v) is 3.50. The number of ether oxygens (including phenoxy) is 2. The average molecular weight is 324 g/mol. The van der Waals surface area contributed by atoms with Gasteiger partial charge in [0, 0.05) is 18.0 Å². The largest absolute Gasteiger partial charge is 0.454 e. The fourth-order valence-electron chi connectivity index (χ4n) is 2.58. The molecule has 2 aromatic carbocycles. The van der Waals surface area contributed by atoms with Crippen molar-refractivity contribution < 1.29 is 9.47 Å². The average Bonchev–Trinajstić information content (AvgIpc) is 3.16. The summed E-state index contributed by atoms with van der Waals surface area (Å²) in [4.78, 5) is 5.75. The highest BCUT2D eigenvalue weighted by molar-refractivity contribution is 7.07. The zero-order chi connectivity index (χ0) is 15.8. The minimum Gasteiger partial charge on any atom is -0.454 e. The van der Waals surface area contributed by atoms with Gasteiger partial charge in [0.1, 0.15) is 0 Å².